The monoisotopic (exact) mass is 386 g/mol. The van der Waals surface area contributed by atoms with E-state index in [4.69, 9.17) is 14.2 Å². The molecule has 150 valence electrons. The van der Waals surface area contributed by atoms with Crippen molar-refractivity contribution in [3.8, 4) is 17.2 Å². The lowest BCUT2D eigenvalue weighted by Gasteiger charge is -2.23. The number of rotatable bonds is 7. The number of amides is 1. The van der Waals surface area contributed by atoms with Crippen molar-refractivity contribution in [1.82, 2.24) is 9.97 Å². The molecule has 0 aliphatic heterocycles. The SMILES string of the molecule is COc1cc(NC(=O)c2cnc(NC3CCCCC3)cn2)cc(OC)c1OC. The number of hydrogen-bond acceptors (Lipinski definition) is 7. The van der Waals surface area contributed by atoms with Crippen molar-refractivity contribution in [2.24, 2.45) is 0 Å². The number of aromatic nitrogens is 2. The Kier molecular flexibility index (Phi) is 6.52. The summed E-state index contributed by atoms with van der Waals surface area (Å²) in [6, 6.07) is 3.75. The lowest BCUT2D eigenvalue weighted by molar-refractivity contribution is 0.102. The van der Waals surface area contributed by atoms with Gasteiger partial charge in [-0.2, -0.15) is 0 Å². The molecule has 0 spiro atoms. The molecule has 1 aromatic carbocycles. The molecular formula is C20H26N4O4. The summed E-state index contributed by atoms with van der Waals surface area (Å²) in [6.45, 7) is 0. The molecule has 1 amide bonds. The first kappa shape index (κ1) is 19.7. The smallest absolute Gasteiger partial charge is 0.275 e. The van der Waals surface area contributed by atoms with Crippen LogP contribution in [0.2, 0.25) is 0 Å². The summed E-state index contributed by atoms with van der Waals surface area (Å²) < 4.78 is 15.9. The fourth-order valence-electron chi connectivity index (χ4n) is 3.32. The van der Waals surface area contributed by atoms with Crippen LogP contribution in [0.1, 0.15) is 42.6 Å². The fraction of sp³-hybridized carbons (Fsp3) is 0.450. The van der Waals surface area contributed by atoms with Crippen molar-refractivity contribution >= 4 is 17.4 Å². The summed E-state index contributed by atoms with van der Waals surface area (Å²) in [4.78, 5) is 21.1. The van der Waals surface area contributed by atoms with Crippen molar-refractivity contribution in [3.05, 3.63) is 30.2 Å². The molecule has 0 unspecified atom stereocenters. The van der Waals surface area contributed by atoms with Gasteiger partial charge < -0.3 is 24.8 Å². The highest BCUT2D eigenvalue weighted by Gasteiger charge is 2.17. The van der Waals surface area contributed by atoms with Gasteiger partial charge in [-0.3, -0.25) is 4.79 Å². The van der Waals surface area contributed by atoms with Crippen LogP contribution in [-0.4, -0.2) is 43.2 Å². The number of carbonyl (C=O) groups excluding carboxylic acids is 1. The minimum atomic E-state index is -0.369. The van der Waals surface area contributed by atoms with Gasteiger partial charge in [0.1, 0.15) is 11.5 Å². The van der Waals surface area contributed by atoms with Crippen LogP contribution in [0, 0.1) is 0 Å². The quantitative estimate of drug-likeness (QED) is 0.752. The summed E-state index contributed by atoms with van der Waals surface area (Å²) in [6.07, 6.45) is 9.12. The first-order chi connectivity index (χ1) is 13.6. The van der Waals surface area contributed by atoms with Crippen molar-refractivity contribution in [2.45, 2.75) is 38.1 Å². The standard InChI is InChI=1S/C20H26N4O4/c1-26-16-9-14(10-17(27-2)19(16)28-3)24-20(25)15-11-22-18(12-21-15)23-13-7-5-4-6-8-13/h9-13H,4-8H2,1-3H3,(H,22,23)(H,24,25). The van der Waals surface area contributed by atoms with E-state index in [9.17, 15) is 4.79 Å². The zero-order chi connectivity index (χ0) is 19.9. The average molecular weight is 386 g/mol. The second-order valence-corrected chi connectivity index (χ2v) is 6.63. The van der Waals surface area contributed by atoms with E-state index in [1.807, 2.05) is 0 Å². The van der Waals surface area contributed by atoms with Crippen molar-refractivity contribution in [1.29, 1.82) is 0 Å². The van der Waals surface area contributed by atoms with E-state index in [1.54, 1.807) is 18.3 Å². The highest BCUT2D eigenvalue weighted by atomic mass is 16.5. The molecule has 1 aliphatic rings. The number of nitrogens with one attached hydrogen (secondary N) is 2. The maximum absolute atomic E-state index is 12.5. The Morgan fingerprint density at radius 1 is 0.964 bits per heavy atom. The summed E-state index contributed by atoms with van der Waals surface area (Å²) in [5.74, 6) is 1.69. The Labute approximate surface area is 164 Å². The van der Waals surface area contributed by atoms with Crippen LogP contribution in [0.25, 0.3) is 0 Å². The van der Waals surface area contributed by atoms with Gasteiger partial charge in [0, 0.05) is 23.9 Å². The number of anilines is 2. The van der Waals surface area contributed by atoms with Gasteiger partial charge in [-0.05, 0) is 12.8 Å². The van der Waals surface area contributed by atoms with Crippen LogP contribution in [0.4, 0.5) is 11.5 Å². The number of hydrogen-bond donors (Lipinski definition) is 2. The highest BCUT2D eigenvalue weighted by Crippen LogP contribution is 2.40. The lowest BCUT2D eigenvalue weighted by Crippen LogP contribution is -2.23. The third-order valence-electron chi connectivity index (χ3n) is 4.76. The van der Waals surface area contributed by atoms with Crippen molar-refractivity contribution in [2.75, 3.05) is 32.0 Å². The van der Waals surface area contributed by atoms with Gasteiger partial charge in [-0.1, -0.05) is 19.3 Å². The Balaban J connectivity index is 1.69. The molecule has 1 saturated carbocycles. The van der Waals surface area contributed by atoms with Gasteiger partial charge in [0.15, 0.2) is 11.5 Å². The average Bonchev–Trinajstić information content (AvgIpc) is 2.74. The zero-order valence-corrected chi connectivity index (χ0v) is 16.4. The van der Waals surface area contributed by atoms with Crippen LogP contribution in [0.15, 0.2) is 24.5 Å². The molecule has 0 bridgehead atoms. The first-order valence-corrected chi connectivity index (χ1v) is 9.34. The lowest BCUT2D eigenvalue weighted by atomic mass is 9.96. The molecule has 2 aromatic rings. The highest BCUT2D eigenvalue weighted by molar-refractivity contribution is 6.03. The van der Waals surface area contributed by atoms with E-state index >= 15 is 0 Å². The predicted molar refractivity (Wildman–Crippen MR) is 107 cm³/mol. The molecule has 3 rings (SSSR count). The Hall–Kier alpha value is -3.03. The number of nitrogens with zero attached hydrogens (tertiary/aromatic N) is 2. The molecule has 0 radical (unpaired) electrons. The maximum Gasteiger partial charge on any atom is 0.275 e. The van der Waals surface area contributed by atoms with E-state index in [0.717, 1.165) is 12.8 Å². The van der Waals surface area contributed by atoms with Crippen molar-refractivity contribution in [3.63, 3.8) is 0 Å². The summed E-state index contributed by atoms with van der Waals surface area (Å²) in [7, 11) is 4.57. The molecular weight excluding hydrogens is 360 g/mol. The maximum atomic E-state index is 12.5. The van der Waals surface area contributed by atoms with E-state index in [0.29, 0.717) is 34.8 Å². The van der Waals surface area contributed by atoms with Gasteiger partial charge in [-0.25, -0.2) is 9.97 Å². The topological polar surface area (TPSA) is 94.6 Å². The Morgan fingerprint density at radius 3 is 2.18 bits per heavy atom. The third-order valence-corrected chi connectivity index (χ3v) is 4.76. The van der Waals surface area contributed by atoms with Gasteiger partial charge >= 0.3 is 0 Å². The minimum absolute atomic E-state index is 0.225. The van der Waals surface area contributed by atoms with Gasteiger partial charge in [0.25, 0.3) is 5.91 Å². The normalized spacial score (nSPS) is 14.2. The second kappa shape index (κ2) is 9.25. The third kappa shape index (κ3) is 4.62. The van der Waals surface area contributed by atoms with E-state index in [2.05, 4.69) is 20.6 Å². The largest absolute Gasteiger partial charge is 0.493 e. The number of ether oxygens (including phenoxy) is 3. The Morgan fingerprint density at radius 2 is 1.64 bits per heavy atom. The van der Waals surface area contributed by atoms with Gasteiger partial charge in [0.05, 0.1) is 33.7 Å². The number of benzene rings is 1. The summed E-state index contributed by atoms with van der Waals surface area (Å²) in [5, 5.41) is 6.17. The predicted octanol–water partition coefficient (Wildman–Crippen LogP) is 3.50. The van der Waals surface area contributed by atoms with Crippen LogP contribution in [0.3, 0.4) is 0 Å². The van der Waals surface area contributed by atoms with Gasteiger partial charge in [0.2, 0.25) is 5.75 Å². The van der Waals surface area contributed by atoms with E-state index < -0.39 is 0 Å². The second-order valence-electron chi connectivity index (χ2n) is 6.63. The van der Waals surface area contributed by atoms with Gasteiger partial charge in [-0.15, -0.1) is 0 Å². The van der Waals surface area contributed by atoms with Crippen LogP contribution in [-0.2, 0) is 0 Å². The van der Waals surface area contributed by atoms with Crippen LogP contribution >= 0.6 is 0 Å². The first-order valence-electron chi connectivity index (χ1n) is 9.34. The van der Waals surface area contributed by atoms with E-state index in [1.165, 1.54) is 46.8 Å². The molecule has 8 nitrogen and oxygen atoms in total. The fourth-order valence-corrected chi connectivity index (χ4v) is 3.32. The molecule has 1 fully saturated rings. The molecule has 28 heavy (non-hydrogen) atoms. The molecule has 2 N–H and O–H groups in total. The molecule has 1 heterocycles. The number of methoxy groups -OCH3 is 3. The number of carbonyl (C=O) groups is 1. The van der Waals surface area contributed by atoms with Crippen molar-refractivity contribution < 1.29 is 19.0 Å². The zero-order valence-electron chi connectivity index (χ0n) is 16.4. The molecule has 0 saturated heterocycles. The molecule has 0 atom stereocenters. The summed E-state index contributed by atoms with van der Waals surface area (Å²) >= 11 is 0. The van der Waals surface area contributed by atoms with Crippen LogP contribution < -0.4 is 24.8 Å². The summed E-state index contributed by atoms with van der Waals surface area (Å²) in [5.41, 5.74) is 0.730. The van der Waals surface area contributed by atoms with Crippen LogP contribution in [0.5, 0.6) is 17.2 Å². The molecule has 8 heteroatoms. The molecule has 1 aliphatic carbocycles. The minimum Gasteiger partial charge on any atom is -0.493 e. The Bertz CT molecular complexity index is 779. The van der Waals surface area contributed by atoms with E-state index in [-0.39, 0.29) is 11.6 Å². The molecule has 1 aromatic heterocycles.